The van der Waals surface area contributed by atoms with E-state index in [2.05, 4.69) is 5.32 Å². The fourth-order valence-electron chi connectivity index (χ4n) is 2.00. The summed E-state index contributed by atoms with van der Waals surface area (Å²) >= 11 is 5.84. The molecule has 1 heterocycles. The lowest BCUT2D eigenvalue weighted by molar-refractivity contribution is -0.120. The van der Waals surface area contributed by atoms with Gasteiger partial charge in [-0.05, 0) is 18.1 Å². The molecule has 2 rings (SSSR count). The lowest BCUT2D eigenvalue weighted by Gasteiger charge is -2.07. The van der Waals surface area contributed by atoms with Gasteiger partial charge in [0.1, 0.15) is 0 Å². The van der Waals surface area contributed by atoms with E-state index in [1.165, 1.54) is 6.07 Å². The van der Waals surface area contributed by atoms with Crippen LogP contribution in [-0.4, -0.2) is 17.0 Å². The minimum Gasteiger partial charge on any atom is -0.356 e. The molecule has 1 aromatic carbocycles. The number of benzene rings is 1. The molecule has 0 saturated heterocycles. The van der Waals surface area contributed by atoms with Crippen LogP contribution in [0.3, 0.4) is 0 Å². The molecule has 2 aromatic rings. The third-order valence-corrected chi connectivity index (χ3v) is 3.28. The molecule has 0 bridgehead atoms. The lowest BCUT2D eigenvalue weighted by atomic mass is 10.1. The van der Waals surface area contributed by atoms with Gasteiger partial charge in [0, 0.05) is 25.4 Å². The number of pyridine rings is 1. The number of hydrogen-bond donors (Lipinski definition) is 1. The molecule has 0 fully saturated rings. The van der Waals surface area contributed by atoms with Crippen molar-refractivity contribution in [3.8, 4) is 0 Å². The number of aromatic nitrogens is 1. The number of amides is 1. The van der Waals surface area contributed by atoms with Gasteiger partial charge in [-0.3, -0.25) is 9.59 Å². The Morgan fingerprint density at radius 2 is 1.90 bits per heavy atom. The van der Waals surface area contributed by atoms with Crippen molar-refractivity contribution in [2.24, 2.45) is 0 Å². The second kappa shape index (κ2) is 7.64. The molecule has 5 heteroatoms. The monoisotopic (exact) mass is 304 g/mol. The summed E-state index contributed by atoms with van der Waals surface area (Å²) in [7, 11) is 0. The van der Waals surface area contributed by atoms with E-state index in [0.717, 1.165) is 5.56 Å². The van der Waals surface area contributed by atoms with Gasteiger partial charge in [0.15, 0.2) is 0 Å². The van der Waals surface area contributed by atoms with Crippen molar-refractivity contribution in [3.05, 3.63) is 69.6 Å². The number of rotatable bonds is 6. The zero-order chi connectivity index (χ0) is 15.1. The highest BCUT2D eigenvalue weighted by Crippen LogP contribution is 2.03. The molecule has 0 saturated carbocycles. The van der Waals surface area contributed by atoms with Crippen LogP contribution in [0.15, 0.2) is 53.5 Å². The Morgan fingerprint density at radius 3 is 2.67 bits per heavy atom. The average molecular weight is 305 g/mol. The maximum absolute atomic E-state index is 11.7. The molecule has 110 valence electrons. The fourth-order valence-corrected chi connectivity index (χ4v) is 2.18. The molecule has 0 spiro atoms. The van der Waals surface area contributed by atoms with E-state index in [0.29, 0.717) is 31.0 Å². The molecule has 0 radical (unpaired) electrons. The first-order valence-corrected chi connectivity index (χ1v) is 7.19. The van der Waals surface area contributed by atoms with Crippen LogP contribution in [-0.2, 0) is 17.8 Å². The predicted molar refractivity (Wildman–Crippen MR) is 83.5 cm³/mol. The molecule has 0 aliphatic heterocycles. The van der Waals surface area contributed by atoms with Crippen molar-refractivity contribution in [2.75, 3.05) is 6.54 Å². The molecule has 21 heavy (non-hydrogen) atoms. The van der Waals surface area contributed by atoms with E-state index >= 15 is 0 Å². The maximum atomic E-state index is 11.7. The summed E-state index contributed by atoms with van der Waals surface area (Å²) in [6.45, 7) is 1.07. The smallest absolute Gasteiger partial charge is 0.250 e. The topological polar surface area (TPSA) is 51.1 Å². The summed E-state index contributed by atoms with van der Waals surface area (Å²) in [5, 5.41) is 3.38. The number of carbonyl (C=O) groups is 1. The second-order valence-corrected chi connectivity index (χ2v) is 5.18. The number of carbonyl (C=O) groups excluding carboxylic acids is 1. The summed E-state index contributed by atoms with van der Waals surface area (Å²) in [4.78, 5) is 23.3. The first-order valence-electron chi connectivity index (χ1n) is 6.82. The SMILES string of the molecule is O=C(Cc1ccccc1)NCCCn1cc(Cl)ccc1=O. The van der Waals surface area contributed by atoms with Crippen LogP contribution >= 0.6 is 11.6 Å². The predicted octanol–water partition coefficient (Wildman–Crippen LogP) is 2.25. The number of aryl methyl sites for hydroxylation is 1. The van der Waals surface area contributed by atoms with E-state index in [9.17, 15) is 9.59 Å². The van der Waals surface area contributed by atoms with Crippen molar-refractivity contribution >= 4 is 17.5 Å². The number of nitrogens with one attached hydrogen (secondary N) is 1. The zero-order valence-corrected chi connectivity index (χ0v) is 12.3. The van der Waals surface area contributed by atoms with Gasteiger partial charge >= 0.3 is 0 Å². The number of hydrogen-bond acceptors (Lipinski definition) is 2. The molecule has 1 amide bonds. The molecular weight excluding hydrogens is 288 g/mol. The van der Waals surface area contributed by atoms with Gasteiger partial charge in [-0.1, -0.05) is 41.9 Å². The van der Waals surface area contributed by atoms with E-state index < -0.39 is 0 Å². The van der Waals surface area contributed by atoms with Gasteiger partial charge in [0.05, 0.1) is 11.4 Å². The molecular formula is C16H17ClN2O2. The van der Waals surface area contributed by atoms with Gasteiger partial charge in [-0.2, -0.15) is 0 Å². The van der Waals surface area contributed by atoms with Crippen LogP contribution in [0.1, 0.15) is 12.0 Å². The fraction of sp³-hybridized carbons (Fsp3) is 0.250. The van der Waals surface area contributed by atoms with Crippen molar-refractivity contribution < 1.29 is 4.79 Å². The second-order valence-electron chi connectivity index (χ2n) is 4.74. The van der Waals surface area contributed by atoms with E-state index in [4.69, 9.17) is 11.6 Å². The maximum Gasteiger partial charge on any atom is 0.250 e. The standard InChI is InChI=1S/C16H17ClN2O2/c17-14-7-8-16(21)19(12-14)10-4-9-18-15(20)11-13-5-2-1-3-6-13/h1-3,5-8,12H,4,9-11H2,(H,18,20). The van der Waals surface area contributed by atoms with Crippen LogP contribution in [0, 0.1) is 0 Å². The Balaban J connectivity index is 1.73. The third-order valence-electron chi connectivity index (χ3n) is 3.05. The lowest BCUT2D eigenvalue weighted by Crippen LogP contribution is -2.28. The first kappa shape index (κ1) is 15.3. The quantitative estimate of drug-likeness (QED) is 0.832. The van der Waals surface area contributed by atoms with Gasteiger partial charge in [0.25, 0.3) is 5.56 Å². The molecule has 0 atom stereocenters. The highest BCUT2D eigenvalue weighted by molar-refractivity contribution is 6.30. The van der Waals surface area contributed by atoms with E-state index in [1.807, 2.05) is 30.3 Å². The van der Waals surface area contributed by atoms with Crippen molar-refractivity contribution in [3.63, 3.8) is 0 Å². The summed E-state index contributed by atoms with van der Waals surface area (Å²) < 4.78 is 1.55. The van der Waals surface area contributed by atoms with Crippen LogP contribution in [0.2, 0.25) is 5.02 Å². The van der Waals surface area contributed by atoms with Crippen LogP contribution in [0.5, 0.6) is 0 Å². The Kier molecular flexibility index (Phi) is 5.58. The average Bonchev–Trinajstić information content (AvgIpc) is 2.48. The molecule has 4 nitrogen and oxygen atoms in total. The van der Waals surface area contributed by atoms with Crippen molar-refractivity contribution in [2.45, 2.75) is 19.4 Å². The van der Waals surface area contributed by atoms with Crippen molar-refractivity contribution in [1.82, 2.24) is 9.88 Å². The number of halogens is 1. The van der Waals surface area contributed by atoms with Crippen LogP contribution in [0.25, 0.3) is 0 Å². The van der Waals surface area contributed by atoms with Gasteiger partial charge in [-0.25, -0.2) is 0 Å². The minimum absolute atomic E-state index is 0.0142. The molecule has 1 N–H and O–H groups in total. The number of nitrogens with zero attached hydrogens (tertiary/aromatic N) is 1. The summed E-state index contributed by atoms with van der Waals surface area (Å²) in [5.74, 6) is -0.0142. The van der Waals surface area contributed by atoms with E-state index in [-0.39, 0.29) is 11.5 Å². The first-order chi connectivity index (χ1) is 10.1. The van der Waals surface area contributed by atoms with Crippen LogP contribution in [0.4, 0.5) is 0 Å². The minimum atomic E-state index is -0.0880. The van der Waals surface area contributed by atoms with Gasteiger partial charge < -0.3 is 9.88 Å². The molecule has 0 unspecified atom stereocenters. The Bertz CT molecular complexity index is 653. The Hall–Kier alpha value is -2.07. The highest BCUT2D eigenvalue weighted by atomic mass is 35.5. The molecule has 0 aliphatic rings. The Labute approximate surface area is 128 Å². The third kappa shape index (κ3) is 5.08. The zero-order valence-electron chi connectivity index (χ0n) is 11.6. The van der Waals surface area contributed by atoms with Crippen LogP contribution < -0.4 is 10.9 Å². The highest BCUT2D eigenvalue weighted by Gasteiger charge is 2.02. The van der Waals surface area contributed by atoms with Gasteiger partial charge in [0.2, 0.25) is 5.91 Å². The summed E-state index contributed by atoms with van der Waals surface area (Å²) in [5.41, 5.74) is 0.899. The largest absolute Gasteiger partial charge is 0.356 e. The Morgan fingerprint density at radius 1 is 1.14 bits per heavy atom. The van der Waals surface area contributed by atoms with Gasteiger partial charge in [-0.15, -0.1) is 0 Å². The molecule has 0 aliphatic carbocycles. The van der Waals surface area contributed by atoms with E-state index in [1.54, 1.807) is 16.8 Å². The molecule has 1 aromatic heterocycles. The summed E-state index contributed by atoms with van der Waals surface area (Å²) in [6.07, 6.45) is 2.66. The normalized spacial score (nSPS) is 10.3. The summed E-state index contributed by atoms with van der Waals surface area (Å²) in [6, 6.07) is 12.6. The van der Waals surface area contributed by atoms with Crippen molar-refractivity contribution in [1.29, 1.82) is 0 Å².